The highest BCUT2D eigenvalue weighted by Crippen LogP contribution is 1.96. The molecule has 0 saturated heterocycles. The molecule has 0 aliphatic rings. The molecular formula is C5H13ClN2O2. The number of rotatable bonds is 2. The Bertz CT molecular complexity index is 116. The third-order valence-electron chi connectivity index (χ3n) is 0.956. The molecular weight excluding hydrogens is 156 g/mol. The molecule has 0 spiro atoms. The van der Waals surface area contributed by atoms with Crippen LogP contribution in [0.5, 0.6) is 0 Å². The van der Waals surface area contributed by atoms with Crippen molar-refractivity contribution in [1.82, 2.24) is 5.32 Å². The van der Waals surface area contributed by atoms with Crippen LogP contribution in [0.25, 0.3) is 0 Å². The molecule has 5 heteroatoms. The molecule has 0 aromatic heterocycles. The summed E-state index contributed by atoms with van der Waals surface area (Å²) < 4.78 is 0. The lowest BCUT2D eigenvalue weighted by Gasteiger charge is -2.21. The molecule has 62 valence electrons. The molecule has 0 unspecified atom stereocenters. The molecule has 0 rings (SSSR count). The van der Waals surface area contributed by atoms with E-state index in [1.807, 2.05) is 0 Å². The lowest BCUT2D eigenvalue weighted by atomic mass is 10.1. The normalized spacial score (nSPS) is 9.90. The van der Waals surface area contributed by atoms with E-state index in [1.165, 1.54) is 0 Å². The largest absolute Gasteiger partial charge is 0.465 e. The van der Waals surface area contributed by atoms with Gasteiger partial charge in [0.25, 0.3) is 0 Å². The van der Waals surface area contributed by atoms with E-state index in [9.17, 15) is 4.79 Å². The van der Waals surface area contributed by atoms with E-state index in [1.54, 1.807) is 13.8 Å². The lowest BCUT2D eigenvalue weighted by molar-refractivity contribution is 0.183. The van der Waals surface area contributed by atoms with Crippen molar-refractivity contribution in [3.63, 3.8) is 0 Å². The number of amides is 1. The molecule has 4 N–H and O–H groups in total. The Morgan fingerprint density at radius 1 is 1.70 bits per heavy atom. The Balaban J connectivity index is 0. The first-order chi connectivity index (χ1) is 3.98. The lowest BCUT2D eigenvalue weighted by Crippen LogP contribution is -2.48. The van der Waals surface area contributed by atoms with Crippen LogP contribution in [0.1, 0.15) is 13.8 Å². The van der Waals surface area contributed by atoms with E-state index in [0.29, 0.717) is 6.54 Å². The molecule has 0 aromatic carbocycles. The van der Waals surface area contributed by atoms with Crippen molar-refractivity contribution in [3.8, 4) is 0 Å². The minimum absolute atomic E-state index is 0. The second-order valence-electron chi connectivity index (χ2n) is 2.52. The highest BCUT2D eigenvalue weighted by Gasteiger charge is 2.16. The number of carbonyl (C=O) groups is 1. The fourth-order valence-corrected chi connectivity index (χ4v) is 0.341. The van der Waals surface area contributed by atoms with Crippen LogP contribution in [-0.4, -0.2) is 23.3 Å². The van der Waals surface area contributed by atoms with E-state index in [-0.39, 0.29) is 12.4 Å². The van der Waals surface area contributed by atoms with Gasteiger partial charge < -0.3 is 16.2 Å². The van der Waals surface area contributed by atoms with Gasteiger partial charge in [-0.05, 0) is 13.8 Å². The molecule has 0 saturated carbocycles. The number of halogens is 1. The molecule has 4 nitrogen and oxygen atoms in total. The summed E-state index contributed by atoms with van der Waals surface area (Å²) in [4.78, 5) is 10.0. The summed E-state index contributed by atoms with van der Waals surface area (Å²) in [7, 11) is 0. The van der Waals surface area contributed by atoms with Crippen LogP contribution in [-0.2, 0) is 0 Å². The van der Waals surface area contributed by atoms with E-state index in [0.717, 1.165) is 0 Å². The van der Waals surface area contributed by atoms with Gasteiger partial charge in [-0.25, -0.2) is 4.79 Å². The number of hydrogen-bond acceptors (Lipinski definition) is 2. The molecule has 10 heavy (non-hydrogen) atoms. The van der Waals surface area contributed by atoms with Gasteiger partial charge in [-0.3, -0.25) is 0 Å². The number of carboxylic acid groups (broad SMARTS) is 1. The third-order valence-corrected chi connectivity index (χ3v) is 0.956. The van der Waals surface area contributed by atoms with Crippen molar-refractivity contribution < 1.29 is 9.90 Å². The zero-order chi connectivity index (χ0) is 7.49. The van der Waals surface area contributed by atoms with Crippen LogP contribution in [0.2, 0.25) is 0 Å². The second kappa shape index (κ2) is 4.35. The van der Waals surface area contributed by atoms with Gasteiger partial charge in [-0.1, -0.05) is 0 Å². The summed E-state index contributed by atoms with van der Waals surface area (Å²) in [6, 6.07) is 0. The zero-order valence-corrected chi connectivity index (χ0v) is 6.86. The molecule has 0 aliphatic carbocycles. The predicted molar refractivity (Wildman–Crippen MR) is 41.5 cm³/mol. The molecule has 0 bridgehead atoms. The first-order valence-corrected chi connectivity index (χ1v) is 2.69. The summed E-state index contributed by atoms with van der Waals surface area (Å²) in [6.45, 7) is 3.75. The number of hydrogen-bond donors (Lipinski definition) is 3. The predicted octanol–water partition coefficient (Wildman–Crippen LogP) is 0.413. The van der Waals surface area contributed by atoms with Crippen molar-refractivity contribution in [3.05, 3.63) is 0 Å². The van der Waals surface area contributed by atoms with Crippen LogP contribution in [0, 0.1) is 0 Å². The van der Waals surface area contributed by atoms with Gasteiger partial charge in [-0.2, -0.15) is 0 Å². The minimum atomic E-state index is -1.04. The van der Waals surface area contributed by atoms with Crippen molar-refractivity contribution in [2.24, 2.45) is 5.73 Å². The minimum Gasteiger partial charge on any atom is -0.465 e. The summed E-state index contributed by atoms with van der Waals surface area (Å²) in [5.41, 5.74) is 4.72. The number of nitrogens with two attached hydrogens (primary N) is 1. The summed E-state index contributed by atoms with van der Waals surface area (Å²) in [5.74, 6) is 0. The van der Waals surface area contributed by atoms with Gasteiger partial charge in [0.15, 0.2) is 0 Å². The topological polar surface area (TPSA) is 75.3 Å². The summed E-state index contributed by atoms with van der Waals surface area (Å²) in [5, 5.41) is 10.5. The smallest absolute Gasteiger partial charge is 0.405 e. The highest BCUT2D eigenvalue weighted by atomic mass is 35.5. The molecule has 0 heterocycles. The van der Waals surface area contributed by atoms with Crippen LogP contribution in [0.3, 0.4) is 0 Å². The Morgan fingerprint density at radius 3 is 2.20 bits per heavy atom. The van der Waals surface area contributed by atoms with Gasteiger partial charge >= 0.3 is 6.09 Å². The van der Waals surface area contributed by atoms with E-state index >= 15 is 0 Å². The Morgan fingerprint density at radius 2 is 2.10 bits per heavy atom. The van der Waals surface area contributed by atoms with E-state index in [2.05, 4.69) is 5.32 Å². The Labute approximate surface area is 66.2 Å². The monoisotopic (exact) mass is 168 g/mol. The first-order valence-electron chi connectivity index (χ1n) is 2.69. The van der Waals surface area contributed by atoms with Crippen LogP contribution in [0.15, 0.2) is 0 Å². The second-order valence-corrected chi connectivity index (χ2v) is 2.52. The fraction of sp³-hybridized carbons (Fsp3) is 0.800. The van der Waals surface area contributed by atoms with Crippen LogP contribution >= 0.6 is 12.4 Å². The first kappa shape index (κ1) is 12.2. The zero-order valence-electron chi connectivity index (χ0n) is 6.05. The van der Waals surface area contributed by atoms with Crippen LogP contribution in [0.4, 0.5) is 4.79 Å². The van der Waals surface area contributed by atoms with Crippen LogP contribution < -0.4 is 11.1 Å². The van der Waals surface area contributed by atoms with Gasteiger partial charge in [0.1, 0.15) is 0 Å². The standard InChI is InChI=1S/C5H12N2O2.ClH/c1-5(2,3-6)7-4(8)9;/h7H,3,6H2,1-2H3,(H,8,9);1H. The SMILES string of the molecule is CC(C)(CN)NC(=O)O.Cl. The molecule has 0 atom stereocenters. The maximum absolute atomic E-state index is 10.0. The van der Waals surface area contributed by atoms with Gasteiger partial charge in [0, 0.05) is 12.1 Å². The van der Waals surface area contributed by atoms with Crippen molar-refractivity contribution in [2.45, 2.75) is 19.4 Å². The van der Waals surface area contributed by atoms with Crippen molar-refractivity contribution in [2.75, 3.05) is 6.54 Å². The van der Waals surface area contributed by atoms with E-state index < -0.39 is 11.6 Å². The number of nitrogens with one attached hydrogen (secondary N) is 1. The summed E-state index contributed by atoms with van der Waals surface area (Å²) in [6.07, 6.45) is -1.04. The Kier molecular flexibility index (Phi) is 5.32. The average molecular weight is 169 g/mol. The highest BCUT2D eigenvalue weighted by molar-refractivity contribution is 5.85. The summed E-state index contributed by atoms with van der Waals surface area (Å²) >= 11 is 0. The van der Waals surface area contributed by atoms with Crippen molar-refractivity contribution in [1.29, 1.82) is 0 Å². The molecule has 0 radical (unpaired) electrons. The van der Waals surface area contributed by atoms with Gasteiger partial charge in [0.05, 0.1) is 0 Å². The Hall–Kier alpha value is -0.480. The van der Waals surface area contributed by atoms with Gasteiger partial charge in [0.2, 0.25) is 0 Å². The molecule has 0 aliphatic heterocycles. The quantitative estimate of drug-likeness (QED) is 0.559. The molecule has 0 fully saturated rings. The average Bonchev–Trinajstić information content (AvgIpc) is 1.63. The third kappa shape index (κ3) is 5.65. The molecule has 1 amide bonds. The maximum atomic E-state index is 10.0. The van der Waals surface area contributed by atoms with Crippen molar-refractivity contribution >= 4 is 18.5 Å². The van der Waals surface area contributed by atoms with Gasteiger partial charge in [-0.15, -0.1) is 12.4 Å². The fourth-order valence-electron chi connectivity index (χ4n) is 0.341. The maximum Gasteiger partial charge on any atom is 0.405 e. The van der Waals surface area contributed by atoms with E-state index in [4.69, 9.17) is 10.8 Å². The molecule has 0 aromatic rings.